The highest BCUT2D eigenvalue weighted by atomic mass is 35.5. The fraction of sp³-hybridized carbons (Fsp3) is 0.316. The number of anilines is 1. The second-order valence-corrected chi connectivity index (χ2v) is 6.87. The minimum absolute atomic E-state index is 0. The summed E-state index contributed by atoms with van der Waals surface area (Å²) < 4.78 is 12.8. The maximum Gasteiger partial charge on any atom is 0.141 e. The Morgan fingerprint density at radius 1 is 1.14 bits per heavy atom. The molecule has 1 aromatic carbocycles. The van der Waals surface area contributed by atoms with Gasteiger partial charge in [-0.25, -0.2) is 4.98 Å². The lowest BCUT2D eigenvalue weighted by Gasteiger charge is -2.17. The van der Waals surface area contributed by atoms with Crippen molar-refractivity contribution in [2.45, 2.75) is 12.5 Å². The zero-order valence-corrected chi connectivity index (χ0v) is 18.0. The summed E-state index contributed by atoms with van der Waals surface area (Å²) in [6.45, 7) is 1.86. The van der Waals surface area contributed by atoms with Crippen molar-refractivity contribution < 1.29 is 9.47 Å². The van der Waals surface area contributed by atoms with E-state index in [1.807, 2.05) is 22.9 Å². The number of hydrogen-bond donors (Lipinski definition) is 1. The Balaban J connectivity index is 0.00000140. The van der Waals surface area contributed by atoms with Crippen molar-refractivity contribution in [3.63, 3.8) is 0 Å². The number of ether oxygens (including phenoxy) is 2. The Labute approximate surface area is 181 Å². The van der Waals surface area contributed by atoms with Crippen LogP contribution in [0, 0.1) is 0 Å². The number of fused-ring (bicyclic) bond motifs is 1. The van der Waals surface area contributed by atoms with Crippen molar-refractivity contribution in [2.24, 2.45) is 5.73 Å². The fourth-order valence-corrected chi connectivity index (χ4v) is 3.62. The number of imidazole rings is 1. The van der Waals surface area contributed by atoms with Gasteiger partial charge in [0.25, 0.3) is 0 Å². The van der Waals surface area contributed by atoms with E-state index in [-0.39, 0.29) is 30.9 Å². The van der Waals surface area contributed by atoms with Crippen molar-refractivity contribution >= 4 is 47.7 Å². The van der Waals surface area contributed by atoms with Gasteiger partial charge in [0.05, 0.1) is 24.9 Å². The second-order valence-electron chi connectivity index (χ2n) is 6.46. The number of hydrogen-bond acceptors (Lipinski definition) is 5. The van der Waals surface area contributed by atoms with Crippen molar-refractivity contribution in [3.8, 4) is 22.8 Å². The number of nitrogens with zero attached hydrogens (tertiary/aromatic N) is 3. The molecule has 3 aromatic rings. The van der Waals surface area contributed by atoms with Crippen LogP contribution in [0.1, 0.15) is 6.42 Å². The fourth-order valence-electron chi connectivity index (χ4n) is 3.38. The van der Waals surface area contributed by atoms with Gasteiger partial charge < -0.3 is 24.5 Å². The number of aromatic nitrogens is 2. The third-order valence-corrected chi connectivity index (χ3v) is 5.08. The molecule has 28 heavy (non-hydrogen) atoms. The van der Waals surface area contributed by atoms with E-state index in [0.29, 0.717) is 16.5 Å². The minimum Gasteiger partial charge on any atom is -0.496 e. The molecule has 0 amide bonds. The van der Waals surface area contributed by atoms with Gasteiger partial charge in [-0.15, -0.1) is 24.8 Å². The first-order chi connectivity index (χ1) is 12.6. The average molecular weight is 446 g/mol. The summed E-state index contributed by atoms with van der Waals surface area (Å²) in [4.78, 5) is 7.06. The average Bonchev–Trinajstić information content (AvgIpc) is 3.26. The molecule has 0 unspecified atom stereocenters. The summed E-state index contributed by atoms with van der Waals surface area (Å²) in [7, 11) is 3.20. The van der Waals surface area contributed by atoms with Crippen molar-refractivity contribution in [3.05, 3.63) is 41.7 Å². The first-order valence-corrected chi connectivity index (χ1v) is 8.88. The highest BCUT2D eigenvalue weighted by molar-refractivity contribution is 6.32. The molecule has 0 spiro atoms. The van der Waals surface area contributed by atoms with Crippen molar-refractivity contribution in [1.82, 2.24) is 9.38 Å². The highest BCUT2D eigenvalue weighted by Gasteiger charge is 2.20. The molecular formula is C19H23Cl3N4O2. The summed E-state index contributed by atoms with van der Waals surface area (Å²) >= 11 is 6.30. The summed E-state index contributed by atoms with van der Waals surface area (Å²) in [5, 5.41) is 0.520. The first kappa shape index (κ1) is 22.4. The van der Waals surface area contributed by atoms with E-state index in [9.17, 15) is 0 Å². The van der Waals surface area contributed by atoms with Gasteiger partial charge >= 0.3 is 0 Å². The van der Waals surface area contributed by atoms with Crippen LogP contribution in [0.4, 0.5) is 5.69 Å². The molecule has 4 rings (SSSR count). The third-order valence-electron chi connectivity index (χ3n) is 4.78. The number of rotatable bonds is 4. The number of nitrogens with two attached hydrogens (primary N) is 1. The SMILES string of the molecule is COc1cc(OC)c(-c2cn3ccc(N4CC[C@H](N)C4)cc3n2)cc1Cl.Cl.Cl. The molecule has 9 heteroatoms. The molecule has 1 aliphatic rings. The molecule has 1 aliphatic heterocycles. The third kappa shape index (κ3) is 4.10. The van der Waals surface area contributed by atoms with Gasteiger partial charge in [-0.2, -0.15) is 0 Å². The van der Waals surface area contributed by atoms with E-state index in [4.69, 9.17) is 31.8 Å². The smallest absolute Gasteiger partial charge is 0.141 e. The van der Waals surface area contributed by atoms with Crippen LogP contribution in [-0.4, -0.2) is 42.7 Å². The lowest BCUT2D eigenvalue weighted by atomic mass is 10.1. The number of pyridine rings is 1. The molecule has 0 radical (unpaired) electrons. The van der Waals surface area contributed by atoms with Crippen molar-refractivity contribution in [1.29, 1.82) is 0 Å². The lowest BCUT2D eigenvalue weighted by Crippen LogP contribution is -2.26. The molecule has 152 valence electrons. The van der Waals surface area contributed by atoms with Crippen LogP contribution < -0.4 is 20.1 Å². The van der Waals surface area contributed by atoms with Crippen LogP contribution >= 0.6 is 36.4 Å². The Kier molecular flexibility index (Phi) is 7.28. The molecule has 0 bridgehead atoms. The van der Waals surface area contributed by atoms with Gasteiger partial charge in [0.2, 0.25) is 0 Å². The van der Waals surface area contributed by atoms with Crippen molar-refractivity contribution in [2.75, 3.05) is 32.2 Å². The zero-order valence-electron chi connectivity index (χ0n) is 15.6. The Morgan fingerprint density at radius 2 is 1.89 bits per heavy atom. The van der Waals surface area contributed by atoms with E-state index in [1.54, 1.807) is 20.3 Å². The van der Waals surface area contributed by atoms with Gasteiger partial charge in [-0.05, 0) is 18.6 Å². The number of benzene rings is 1. The van der Waals surface area contributed by atoms with Gasteiger partial charge in [-0.1, -0.05) is 11.6 Å². The summed E-state index contributed by atoms with van der Waals surface area (Å²) in [6.07, 6.45) is 5.00. The molecule has 6 nitrogen and oxygen atoms in total. The quantitative estimate of drug-likeness (QED) is 0.656. The number of halogens is 3. The zero-order chi connectivity index (χ0) is 18.3. The lowest BCUT2D eigenvalue weighted by molar-refractivity contribution is 0.395. The van der Waals surface area contributed by atoms with Gasteiger partial charge in [0, 0.05) is 54.9 Å². The molecule has 1 fully saturated rings. The topological polar surface area (TPSA) is 65.0 Å². The maximum absolute atomic E-state index is 6.30. The molecular weight excluding hydrogens is 423 g/mol. The van der Waals surface area contributed by atoms with E-state index < -0.39 is 0 Å². The standard InChI is InChI=1S/C19H21ClN4O2.2ClH/c1-25-17-9-18(26-2)15(20)8-14(17)16-11-24-6-4-13(7-19(24)22-16)23-5-3-12(21)10-23;;/h4,6-9,11-12H,3,5,10,21H2,1-2H3;2*1H/t12-;;/m0../s1. The van der Waals surface area contributed by atoms with E-state index in [1.165, 1.54) is 0 Å². The molecule has 1 atom stereocenters. The van der Waals surface area contributed by atoms with E-state index in [2.05, 4.69) is 17.0 Å². The molecule has 2 N–H and O–H groups in total. The summed E-state index contributed by atoms with van der Waals surface area (Å²) in [5.74, 6) is 1.24. The molecule has 3 heterocycles. The summed E-state index contributed by atoms with van der Waals surface area (Å²) in [5.41, 5.74) is 9.65. The molecule has 1 saturated heterocycles. The van der Waals surface area contributed by atoms with Crippen LogP contribution in [0.3, 0.4) is 0 Å². The second kappa shape index (κ2) is 9.09. The normalized spacial score (nSPS) is 15.9. The van der Waals surface area contributed by atoms with Gasteiger partial charge in [0.15, 0.2) is 0 Å². The monoisotopic (exact) mass is 444 g/mol. The first-order valence-electron chi connectivity index (χ1n) is 8.50. The van der Waals surface area contributed by atoms with Gasteiger partial charge in [0.1, 0.15) is 17.1 Å². The molecule has 0 saturated carbocycles. The van der Waals surface area contributed by atoms with Crippen LogP contribution in [0.5, 0.6) is 11.5 Å². The van der Waals surface area contributed by atoms with Crippen LogP contribution in [0.15, 0.2) is 36.7 Å². The van der Waals surface area contributed by atoms with E-state index >= 15 is 0 Å². The maximum atomic E-state index is 6.30. The predicted molar refractivity (Wildman–Crippen MR) is 118 cm³/mol. The Bertz CT molecular complexity index is 964. The predicted octanol–water partition coefficient (Wildman–Crippen LogP) is 4.05. The van der Waals surface area contributed by atoms with E-state index in [0.717, 1.165) is 42.1 Å². The summed E-state index contributed by atoms with van der Waals surface area (Å²) in [6, 6.07) is 8.01. The highest BCUT2D eigenvalue weighted by Crippen LogP contribution is 2.38. The number of methoxy groups -OCH3 is 2. The largest absolute Gasteiger partial charge is 0.496 e. The molecule has 0 aliphatic carbocycles. The Morgan fingerprint density at radius 3 is 2.54 bits per heavy atom. The van der Waals surface area contributed by atoms with Crippen LogP contribution in [-0.2, 0) is 0 Å². The minimum atomic E-state index is 0. The van der Waals surface area contributed by atoms with Gasteiger partial charge in [-0.3, -0.25) is 0 Å². The molecule has 2 aromatic heterocycles. The van der Waals surface area contributed by atoms with Crippen LogP contribution in [0.2, 0.25) is 5.02 Å². The Hall–Kier alpha value is -1.86. The van der Waals surface area contributed by atoms with Crippen LogP contribution in [0.25, 0.3) is 16.9 Å².